The van der Waals surface area contributed by atoms with E-state index in [1.807, 2.05) is 18.9 Å². The maximum absolute atomic E-state index is 13.5. The van der Waals surface area contributed by atoms with Gasteiger partial charge in [-0.3, -0.25) is 24.6 Å². The predicted octanol–water partition coefficient (Wildman–Crippen LogP) is 1.63. The molecule has 44 heavy (non-hydrogen) atoms. The normalized spacial score (nSPS) is 29.0. The molecule has 5 rings (SSSR count). The van der Waals surface area contributed by atoms with E-state index in [-0.39, 0.29) is 59.0 Å². The molecule has 3 fully saturated rings. The van der Waals surface area contributed by atoms with E-state index in [1.165, 1.54) is 40.9 Å². The number of nitrogens with one attached hydrogen (secondary N) is 1. The van der Waals surface area contributed by atoms with Gasteiger partial charge in [0, 0.05) is 54.4 Å². The van der Waals surface area contributed by atoms with Crippen LogP contribution in [0.25, 0.3) is 0 Å². The summed E-state index contributed by atoms with van der Waals surface area (Å²) in [5.74, 6) is -2.31. The molecular formula is C29H37N5O9S. The number of nitrogens with zero attached hydrogens (tertiary/aromatic N) is 4. The molecule has 1 aromatic carbocycles. The number of likely N-dealkylation sites (tertiary alicyclic amines) is 2. The molecule has 238 valence electrons. The molecule has 1 aromatic rings. The molecule has 4 aliphatic rings. The zero-order valence-electron chi connectivity index (χ0n) is 24.7. The van der Waals surface area contributed by atoms with Crippen LogP contribution < -0.4 is 5.32 Å². The summed E-state index contributed by atoms with van der Waals surface area (Å²) in [6.45, 7) is 5.41. The van der Waals surface area contributed by atoms with E-state index in [0.717, 1.165) is 6.42 Å². The molecular weight excluding hydrogens is 594 g/mol. The highest BCUT2D eigenvalue weighted by Crippen LogP contribution is 2.52. The van der Waals surface area contributed by atoms with Gasteiger partial charge >= 0.3 is 12.1 Å². The Morgan fingerprint density at radius 2 is 1.93 bits per heavy atom. The monoisotopic (exact) mass is 631 g/mol. The minimum absolute atomic E-state index is 0.000998. The lowest BCUT2D eigenvalue weighted by Gasteiger charge is -2.46. The number of amides is 3. The van der Waals surface area contributed by atoms with Crippen LogP contribution in [0, 0.1) is 27.9 Å². The maximum atomic E-state index is 13.5. The Bertz CT molecular complexity index is 1370. The molecule has 3 N–H and O–H groups in total. The van der Waals surface area contributed by atoms with Crippen molar-refractivity contribution in [3.05, 3.63) is 50.5 Å². The number of carboxylic acids is 1. The Morgan fingerprint density at radius 3 is 2.57 bits per heavy atom. The molecule has 3 amide bonds. The number of aliphatic carboxylic acids is 1. The first-order valence-electron chi connectivity index (χ1n) is 14.7. The van der Waals surface area contributed by atoms with Gasteiger partial charge in [-0.05, 0) is 50.4 Å². The van der Waals surface area contributed by atoms with Crippen LogP contribution in [-0.2, 0) is 25.7 Å². The zero-order chi connectivity index (χ0) is 31.9. The van der Waals surface area contributed by atoms with Crippen LogP contribution in [0.2, 0.25) is 0 Å². The summed E-state index contributed by atoms with van der Waals surface area (Å²) in [5.41, 5.74) is 0.577. The van der Waals surface area contributed by atoms with Crippen molar-refractivity contribution in [2.75, 3.05) is 33.2 Å². The average molecular weight is 632 g/mol. The van der Waals surface area contributed by atoms with Crippen molar-refractivity contribution in [1.29, 1.82) is 0 Å². The summed E-state index contributed by atoms with van der Waals surface area (Å²) in [4.78, 5) is 66.5. The van der Waals surface area contributed by atoms with E-state index in [4.69, 9.17) is 4.74 Å². The number of aliphatic hydroxyl groups excluding tert-OH is 1. The van der Waals surface area contributed by atoms with Gasteiger partial charge in [0.2, 0.25) is 11.8 Å². The number of β-lactam (4-membered cyclic amide) rings is 1. The Morgan fingerprint density at radius 1 is 1.23 bits per heavy atom. The highest BCUT2D eigenvalue weighted by atomic mass is 32.2. The lowest BCUT2D eigenvalue weighted by molar-refractivity contribution is -0.384. The number of likely N-dealkylation sites (N-methyl/N-ethyl adjacent to an activating group) is 1. The Kier molecular flexibility index (Phi) is 9.18. The van der Waals surface area contributed by atoms with Crippen LogP contribution in [0.3, 0.4) is 0 Å². The fourth-order valence-corrected chi connectivity index (χ4v) is 8.34. The Hall–Kier alpha value is -3.69. The Balaban J connectivity index is 1.10. The number of carboxylic acid groups (broad SMARTS) is 1. The first-order chi connectivity index (χ1) is 20.9. The van der Waals surface area contributed by atoms with Gasteiger partial charge in [-0.15, -0.1) is 11.8 Å². The first-order valence-corrected chi connectivity index (χ1v) is 15.5. The average Bonchev–Trinajstić information content (AvgIpc) is 3.66. The van der Waals surface area contributed by atoms with Gasteiger partial charge in [0.15, 0.2) is 0 Å². The van der Waals surface area contributed by atoms with Gasteiger partial charge in [-0.25, -0.2) is 9.59 Å². The topological polar surface area (TPSA) is 183 Å². The third-order valence-corrected chi connectivity index (χ3v) is 10.5. The summed E-state index contributed by atoms with van der Waals surface area (Å²) in [6.07, 6.45) is -0.204. The molecule has 0 saturated carbocycles. The lowest BCUT2D eigenvalue weighted by atomic mass is 9.79. The lowest BCUT2D eigenvalue weighted by Crippen LogP contribution is -2.63. The second-order valence-electron chi connectivity index (χ2n) is 12.0. The molecule has 0 aromatic heterocycles. The number of fused-ring (bicyclic) bond motifs is 1. The van der Waals surface area contributed by atoms with Gasteiger partial charge < -0.3 is 30.1 Å². The standard InChI is InChI=1S/C29H37N5O9S/c1-15-23-22(16(2)35)27(37)33(23)24(28(38)39)25(15)44-20-10-21(31(3)13-20)26(36)32-9-8-18(12-32)11-30-29(40)43-14-17-4-6-19(7-5-17)34(41)42/h4-7,15-16,18,20-23,35H,8-14H2,1-3H3,(H,30,40)(H,38,39)/t15-,16-,18+,20+,21+,22-,23-/m1/s1. The predicted molar refractivity (Wildman–Crippen MR) is 158 cm³/mol. The molecule has 7 atom stereocenters. The number of alkyl carbamates (subject to hydrolysis) is 1. The number of hydrogen-bond acceptors (Lipinski definition) is 10. The highest BCUT2D eigenvalue weighted by molar-refractivity contribution is 8.03. The van der Waals surface area contributed by atoms with Crippen molar-refractivity contribution in [3.63, 3.8) is 0 Å². The van der Waals surface area contributed by atoms with E-state index in [9.17, 15) is 39.5 Å². The van der Waals surface area contributed by atoms with E-state index in [2.05, 4.69) is 5.32 Å². The summed E-state index contributed by atoms with van der Waals surface area (Å²) in [6, 6.07) is 5.02. The van der Waals surface area contributed by atoms with E-state index in [1.54, 1.807) is 11.8 Å². The molecule has 15 heteroatoms. The van der Waals surface area contributed by atoms with E-state index in [0.29, 0.717) is 43.1 Å². The van der Waals surface area contributed by atoms with Crippen LogP contribution in [0.15, 0.2) is 34.9 Å². The summed E-state index contributed by atoms with van der Waals surface area (Å²) in [7, 11) is 1.88. The van der Waals surface area contributed by atoms with Crippen LogP contribution in [-0.4, -0.2) is 110 Å². The minimum atomic E-state index is -1.16. The van der Waals surface area contributed by atoms with E-state index >= 15 is 0 Å². The van der Waals surface area contributed by atoms with Crippen LogP contribution in [0.5, 0.6) is 0 Å². The molecule has 4 heterocycles. The third kappa shape index (κ3) is 6.13. The maximum Gasteiger partial charge on any atom is 0.407 e. The molecule has 0 radical (unpaired) electrons. The largest absolute Gasteiger partial charge is 0.477 e. The second-order valence-corrected chi connectivity index (χ2v) is 13.4. The number of aliphatic hydroxyl groups is 1. The number of carbonyl (C=O) groups excluding carboxylic acids is 3. The second kappa shape index (κ2) is 12.7. The minimum Gasteiger partial charge on any atom is -0.477 e. The summed E-state index contributed by atoms with van der Waals surface area (Å²) < 4.78 is 5.21. The molecule has 0 spiro atoms. The summed E-state index contributed by atoms with van der Waals surface area (Å²) in [5, 5.41) is 33.5. The van der Waals surface area contributed by atoms with Crippen LogP contribution in [0.1, 0.15) is 32.3 Å². The number of hydrogen-bond donors (Lipinski definition) is 3. The van der Waals surface area contributed by atoms with Crippen molar-refractivity contribution >= 4 is 41.3 Å². The van der Waals surface area contributed by atoms with E-state index < -0.39 is 29.0 Å². The first kappa shape index (κ1) is 31.7. The zero-order valence-corrected chi connectivity index (χ0v) is 25.6. The molecule has 0 unspecified atom stereocenters. The number of nitro benzene ring substituents is 1. The van der Waals surface area contributed by atoms with Crippen molar-refractivity contribution in [2.45, 2.75) is 56.7 Å². The van der Waals surface area contributed by atoms with Crippen LogP contribution in [0.4, 0.5) is 10.5 Å². The number of rotatable bonds is 10. The van der Waals surface area contributed by atoms with Gasteiger partial charge in [0.25, 0.3) is 5.69 Å². The third-order valence-electron chi connectivity index (χ3n) is 9.05. The number of benzene rings is 1. The van der Waals surface area contributed by atoms with Crippen molar-refractivity contribution in [3.8, 4) is 0 Å². The SMILES string of the molecule is C[C@@H](O)[C@H]1C(=O)N2C(C(=O)O)=C(S[C@H]3C[C@@H](C(=O)N4CC[C@@H](CNC(=O)OCc5ccc([N+](=O)[O-])cc5)C4)N(C)C3)[C@H](C)[C@H]12. The van der Waals surface area contributed by atoms with Gasteiger partial charge in [0.05, 0.1) is 29.0 Å². The molecule has 14 nitrogen and oxygen atoms in total. The fourth-order valence-electron chi connectivity index (χ4n) is 6.74. The molecule has 4 aliphatic heterocycles. The smallest absolute Gasteiger partial charge is 0.407 e. The van der Waals surface area contributed by atoms with Crippen molar-refractivity contribution in [2.24, 2.45) is 17.8 Å². The highest BCUT2D eigenvalue weighted by Gasteiger charge is 2.60. The van der Waals surface area contributed by atoms with Crippen molar-refractivity contribution in [1.82, 2.24) is 20.0 Å². The molecule has 3 saturated heterocycles. The van der Waals surface area contributed by atoms with Gasteiger partial charge in [0.1, 0.15) is 12.3 Å². The number of ether oxygens (including phenoxy) is 1. The molecule has 0 aliphatic carbocycles. The van der Waals surface area contributed by atoms with Gasteiger partial charge in [-0.1, -0.05) is 6.92 Å². The number of non-ortho nitro benzene ring substituents is 1. The molecule has 0 bridgehead atoms. The number of thioether (sulfide) groups is 1. The Labute approximate surface area is 258 Å². The quantitative estimate of drug-likeness (QED) is 0.194. The summed E-state index contributed by atoms with van der Waals surface area (Å²) >= 11 is 1.43. The van der Waals surface area contributed by atoms with Gasteiger partial charge in [-0.2, -0.15) is 0 Å². The fraction of sp³-hybridized carbons (Fsp3) is 0.586. The number of carbonyl (C=O) groups is 4. The number of nitro groups is 1. The van der Waals surface area contributed by atoms with Crippen LogP contribution >= 0.6 is 11.8 Å². The van der Waals surface area contributed by atoms with Crippen molar-refractivity contribution < 1.29 is 39.1 Å².